The molecule has 1 aromatic heterocycles. The summed E-state index contributed by atoms with van der Waals surface area (Å²) < 4.78 is 0. The second-order valence-electron chi connectivity index (χ2n) is 6.81. The number of fused-ring (bicyclic) bond motifs is 1. The van der Waals surface area contributed by atoms with Crippen LogP contribution in [0.5, 0.6) is 0 Å². The molecule has 0 radical (unpaired) electrons. The summed E-state index contributed by atoms with van der Waals surface area (Å²) in [5.41, 5.74) is 4.01. The number of carbonyl (C=O) groups is 1. The Hall–Kier alpha value is -3.38. The number of nitrogens with zero attached hydrogens (tertiary/aromatic N) is 2. The van der Waals surface area contributed by atoms with Crippen LogP contribution in [0.25, 0.3) is 22.6 Å². The number of hydrogen-bond donors (Lipinski definition) is 1. The van der Waals surface area contributed by atoms with Crippen molar-refractivity contribution in [3.63, 3.8) is 0 Å². The lowest BCUT2D eigenvalue weighted by atomic mass is 9.99. The fourth-order valence-electron chi connectivity index (χ4n) is 3.48. The number of nitro benzene ring substituents is 1. The second-order valence-corrected chi connectivity index (χ2v) is 7.22. The van der Waals surface area contributed by atoms with E-state index in [1.165, 1.54) is 23.8 Å². The highest BCUT2D eigenvalue weighted by Gasteiger charge is 2.18. The maximum Gasteiger partial charge on any atom is 0.269 e. The van der Waals surface area contributed by atoms with Gasteiger partial charge in [0, 0.05) is 48.4 Å². The third kappa shape index (κ3) is 3.93. The minimum absolute atomic E-state index is 0.0285. The average molecular weight is 408 g/mol. The number of para-hydroxylation sites is 1. The van der Waals surface area contributed by atoms with E-state index in [1.807, 2.05) is 24.4 Å². The first kappa shape index (κ1) is 19.0. The smallest absolute Gasteiger partial charge is 0.269 e. The Balaban J connectivity index is 1.44. The highest BCUT2D eigenvalue weighted by Crippen LogP contribution is 2.32. The molecule has 7 heteroatoms. The fourth-order valence-corrected chi connectivity index (χ4v) is 3.71. The van der Waals surface area contributed by atoms with Crippen LogP contribution in [-0.4, -0.2) is 33.8 Å². The summed E-state index contributed by atoms with van der Waals surface area (Å²) in [5, 5.41) is 12.5. The van der Waals surface area contributed by atoms with E-state index in [1.54, 1.807) is 23.1 Å². The van der Waals surface area contributed by atoms with Crippen molar-refractivity contribution in [2.45, 2.75) is 6.42 Å². The van der Waals surface area contributed by atoms with Crippen LogP contribution >= 0.6 is 11.6 Å². The predicted octanol–water partition coefficient (Wildman–Crippen LogP) is 5.06. The third-order valence-electron chi connectivity index (χ3n) is 5.05. The number of benzene rings is 2. The van der Waals surface area contributed by atoms with Gasteiger partial charge in [0.15, 0.2) is 0 Å². The molecule has 2 heterocycles. The minimum Gasteiger partial charge on any atom is -0.359 e. The van der Waals surface area contributed by atoms with Crippen LogP contribution in [0.2, 0.25) is 5.02 Å². The fraction of sp³-hybridized carbons (Fsp3) is 0.136. The monoisotopic (exact) mass is 407 g/mol. The number of carbonyl (C=O) groups excluding carboxylic acids is 1. The van der Waals surface area contributed by atoms with Crippen LogP contribution < -0.4 is 0 Å². The van der Waals surface area contributed by atoms with E-state index in [0.29, 0.717) is 18.1 Å². The summed E-state index contributed by atoms with van der Waals surface area (Å²) in [6.45, 7) is 1.16. The summed E-state index contributed by atoms with van der Waals surface area (Å²) in [7, 11) is 0. The van der Waals surface area contributed by atoms with Gasteiger partial charge in [0.1, 0.15) is 0 Å². The van der Waals surface area contributed by atoms with Gasteiger partial charge in [0.05, 0.1) is 15.5 Å². The number of H-pyrrole nitrogens is 1. The van der Waals surface area contributed by atoms with Gasteiger partial charge in [-0.15, -0.1) is 0 Å². The van der Waals surface area contributed by atoms with Gasteiger partial charge in [-0.2, -0.15) is 0 Å². The molecule has 6 nitrogen and oxygen atoms in total. The molecule has 29 heavy (non-hydrogen) atoms. The largest absolute Gasteiger partial charge is 0.359 e. The zero-order valence-electron chi connectivity index (χ0n) is 15.5. The first-order valence-electron chi connectivity index (χ1n) is 9.19. The molecule has 3 aromatic rings. The Morgan fingerprint density at radius 1 is 1.21 bits per heavy atom. The number of non-ortho nitro benzene ring substituents is 1. The van der Waals surface area contributed by atoms with Crippen molar-refractivity contribution in [1.82, 2.24) is 9.88 Å². The quantitative estimate of drug-likeness (QED) is 0.373. The average Bonchev–Trinajstić information content (AvgIpc) is 3.18. The van der Waals surface area contributed by atoms with Crippen LogP contribution in [0.1, 0.15) is 17.5 Å². The minimum atomic E-state index is -0.446. The number of nitrogens with one attached hydrogen (secondary N) is 1. The highest BCUT2D eigenvalue weighted by atomic mass is 35.5. The summed E-state index contributed by atoms with van der Waals surface area (Å²) in [6.07, 6.45) is 7.98. The maximum atomic E-state index is 12.5. The molecule has 0 spiro atoms. The summed E-state index contributed by atoms with van der Waals surface area (Å²) in [5.74, 6) is -0.0828. The zero-order valence-corrected chi connectivity index (χ0v) is 16.2. The van der Waals surface area contributed by atoms with Gasteiger partial charge >= 0.3 is 0 Å². The molecule has 1 N–H and O–H groups in total. The molecule has 1 amide bonds. The van der Waals surface area contributed by atoms with E-state index in [9.17, 15) is 14.9 Å². The first-order chi connectivity index (χ1) is 14.0. The van der Waals surface area contributed by atoms with Crippen molar-refractivity contribution >= 4 is 45.7 Å². The van der Waals surface area contributed by atoms with Crippen molar-refractivity contribution in [3.05, 3.63) is 87.1 Å². The van der Waals surface area contributed by atoms with Crippen molar-refractivity contribution in [1.29, 1.82) is 0 Å². The molecule has 0 unspecified atom stereocenters. The first-order valence-corrected chi connectivity index (χ1v) is 9.57. The number of nitro groups is 1. The topological polar surface area (TPSA) is 79.2 Å². The summed E-state index contributed by atoms with van der Waals surface area (Å²) >= 11 is 6.24. The molecule has 2 aromatic carbocycles. The normalized spacial score (nSPS) is 14.4. The van der Waals surface area contributed by atoms with E-state index in [2.05, 4.69) is 11.1 Å². The molecule has 0 saturated heterocycles. The Bertz CT molecular complexity index is 1150. The van der Waals surface area contributed by atoms with Crippen LogP contribution in [0.4, 0.5) is 5.69 Å². The second kappa shape index (κ2) is 7.93. The molecule has 0 atom stereocenters. The highest BCUT2D eigenvalue weighted by molar-refractivity contribution is 6.35. The van der Waals surface area contributed by atoms with Gasteiger partial charge in [0.25, 0.3) is 5.69 Å². The van der Waals surface area contributed by atoms with Gasteiger partial charge in [-0.3, -0.25) is 14.9 Å². The van der Waals surface area contributed by atoms with E-state index in [0.717, 1.165) is 28.5 Å². The predicted molar refractivity (Wildman–Crippen MR) is 115 cm³/mol. The molecule has 146 valence electrons. The summed E-state index contributed by atoms with van der Waals surface area (Å²) in [4.78, 5) is 27.7. The lowest BCUT2D eigenvalue weighted by molar-refractivity contribution is -0.384. The van der Waals surface area contributed by atoms with Crippen LogP contribution in [0, 0.1) is 10.1 Å². The number of rotatable bonds is 4. The molecular formula is C22H18ClN3O3. The molecule has 0 bridgehead atoms. The standard InChI is InChI=1S/C22H18ClN3O3/c23-20-3-1-2-18-19(14-24-22(18)20)16-10-12-25(13-11-16)21(27)9-6-15-4-7-17(8-5-15)26(28)29/h1-10,14,24H,11-13H2/b9-6+. The Morgan fingerprint density at radius 3 is 2.69 bits per heavy atom. The number of aromatic amines is 1. The van der Waals surface area contributed by atoms with Crippen molar-refractivity contribution in [2.24, 2.45) is 0 Å². The van der Waals surface area contributed by atoms with Gasteiger partial charge < -0.3 is 9.88 Å². The zero-order chi connectivity index (χ0) is 20.4. The molecular weight excluding hydrogens is 390 g/mol. The number of amides is 1. The maximum absolute atomic E-state index is 12.5. The lowest BCUT2D eigenvalue weighted by Crippen LogP contribution is -2.33. The van der Waals surface area contributed by atoms with Crippen LogP contribution in [0.15, 0.2) is 60.8 Å². The molecule has 0 aliphatic carbocycles. The van der Waals surface area contributed by atoms with E-state index < -0.39 is 4.92 Å². The van der Waals surface area contributed by atoms with E-state index in [4.69, 9.17) is 11.6 Å². The lowest BCUT2D eigenvalue weighted by Gasteiger charge is -2.25. The molecule has 1 aliphatic rings. The Morgan fingerprint density at radius 2 is 2.00 bits per heavy atom. The Labute approximate surface area is 172 Å². The Kier molecular flexibility index (Phi) is 5.18. The van der Waals surface area contributed by atoms with Crippen molar-refractivity contribution in [3.8, 4) is 0 Å². The molecule has 4 rings (SSSR count). The van der Waals surface area contributed by atoms with E-state index in [-0.39, 0.29) is 11.6 Å². The third-order valence-corrected chi connectivity index (χ3v) is 5.37. The SMILES string of the molecule is O=C(/C=C/c1ccc([N+](=O)[O-])cc1)N1CC=C(c2c[nH]c3c(Cl)cccc23)CC1. The van der Waals surface area contributed by atoms with Crippen molar-refractivity contribution < 1.29 is 9.72 Å². The van der Waals surface area contributed by atoms with Crippen LogP contribution in [0.3, 0.4) is 0 Å². The number of hydrogen-bond acceptors (Lipinski definition) is 3. The van der Waals surface area contributed by atoms with Gasteiger partial charge in [-0.25, -0.2) is 0 Å². The summed E-state index contributed by atoms with van der Waals surface area (Å²) in [6, 6.07) is 11.9. The molecule has 0 fully saturated rings. The van der Waals surface area contributed by atoms with E-state index >= 15 is 0 Å². The number of halogens is 1. The van der Waals surface area contributed by atoms with Gasteiger partial charge in [-0.1, -0.05) is 29.8 Å². The van der Waals surface area contributed by atoms with Crippen molar-refractivity contribution in [2.75, 3.05) is 13.1 Å². The van der Waals surface area contributed by atoms with Crippen LogP contribution in [-0.2, 0) is 4.79 Å². The van der Waals surface area contributed by atoms with Gasteiger partial charge in [-0.05, 0) is 41.8 Å². The van der Waals surface area contributed by atoms with Gasteiger partial charge in [0.2, 0.25) is 5.91 Å². The molecule has 0 saturated carbocycles. The molecule has 1 aliphatic heterocycles. The number of aromatic nitrogens is 1.